The number of ether oxygens (including phenoxy) is 2. The molecule has 2 rings (SSSR count). The molecule has 4 atom stereocenters. The number of carbonyl (C=O) groups is 1. The lowest BCUT2D eigenvalue weighted by molar-refractivity contribution is -0.156. The van der Waals surface area contributed by atoms with Crippen LogP contribution in [-0.4, -0.2) is 51.1 Å². The van der Waals surface area contributed by atoms with Crippen molar-refractivity contribution in [3.8, 4) is 0 Å². The standard InChI is InChI=1S/C20H32N2O6S/c1-3-5-6-7-8-10-14(24)28-17-13(11-23)27-18(16(17)25)15-12(9-4-2)19(26)22-20(29)21-15/h13,16-18,23,25H,3-11H2,1-2H3,(H2,21,22,26,29)/t13-,16+,17-,18+/m1/s1. The molecule has 1 fully saturated rings. The van der Waals surface area contributed by atoms with Crippen molar-refractivity contribution in [1.82, 2.24) is 9.97 Å². The van der Waals surface area contributed by atoms with Gasteiger partial charge < -0.3 is 24.7 Å². The van der Waals surface area contributed by atoms with Crippen molar-refractivity contribution < 1.29 is 24.5 Å². The van der Waals surface area contributed by atoms with Crippen LogP contribution < -0.4 is 5.56 Å². The highest BCUT2D eigenvalue weighted by atomic mass is 32.1. The average Bonchev–Trinajstić information content (AvgIpc) is 2.99. The van der Waals surface area contributed by atoms with E-state index in [9.17, 15) is 19.8 Å². The number of esters is 1. The summed E-state index contributed by atoms with van der Waals surface area (Å²) in [6.07, 6.45) is 2.38. The molecule has 1 aliphatic heterocycles. The van der Waals surface area contributed by atoms with Gasteiger partial charge in [0.25, 0.3) is 5.56 Å². The molecule has 4 N–H and O–H groups in total. The molecule has 0 radical (unpaired) electrons. The Hall–Kier alpha value is -1.55. The molecule has 0 amide bonds. The number of unbranched alkanes of at least 4 members (excludes halogenated alkanes) is 4. The molecular formula is C20H32N2O6S. The molecule has 1 saturated heterocycles. The fourth-order valence-corrected chi connectivity index (χ4v) is 3.83. The maximum atomic E-state index is 12.3. The van der Waals surface area contributed by atoms with Gasteiger partial charge in [-0.3, -0.25) is 14.6 Å². The van der Waals surface area contributed by atoms with Crippen molar-refractivity contribution in [2.75, 3.05) is 6.61 Å². The minimum atomic E-state index is -1.22. The van der Waals surface area contributed by atoms with Gasteiger partial charge in [0.05, 0.1) is 12.3 Å². The summed E-state index contributed by atoms with van der Waals surface area (Å²) < 4.78 is 11.3. The van der Waals surface area contributed by atoms with Gasteiger partial charge in [-0.15, -0.1) is 0 Å². The Labute approximate surface area is 175 Å². The minimum Gasteiger partial charge on any atom is -0.457 e. The summed E-state index contributed by atoms with van der Waals surface area (Å²) >= 11 is 5.06. The monoisotopic (exact) mass is 428 g/mol. The lowest BCUT2D eigenvalue weighted by Gasteiger charge is -2.20. The van der Waals surface area contributed by atoms with E-state index in [0.29, 0.717) is 24.1 Å². The molecule has 1 aromatic rings. The van der Waals surface area contributed by atoms with E-state index in [1.54, 1.807) is 0 Å². The van der Waals surface area contributed by atoms with Crippen LogP contribution >= 0.6 is 12.2 Å². The zero-order valence-corrected chi connectivity index (χ0v) is 17.9. The zero-order chi connectivity index (χ0) is 21.4. The third-order valence-corrected chi connectivity index (χ3v) is 5.33. The van der Waals surface area contributed by atoms with Gasteiger partial charge in [0.1, 0.15) is 18.3 Å². The number of H-pyrrole nitrogens is 2. The molecule has 0 unspecified atom stereocenters. The first-order valence-electron chi connectivity index (χ1n) is 10.4. The Morgan fingerprint density at radius 2 is 1.90 bits per heavy atom. The highest BCUT2D eigenvalue weighted by Gasteiger charge is 2.47. The molecule has 8 nitrogen and oxygen atoms in total. The fraction of sp³-hybridized carbons (Fsp3) is 0.750. The minimum absolute atomic E-state index is 0.119. The van der Waals surface area contributed by atoms with Crippen molar-refractivity contribution in [2.24, 2.45) is 0 Å². The molecule has 0 bridgehead atoms. The van der Waals surface area contributed by atoms with Gasteiger partial charge in [0.15, 0.2) is 10.9 Å². The zero-order valence-electron chi connectivity index (χ0n) is 17.1. The van der Waals surface area contributed by atoms with Gasteiger partial charge in [-0.1, -0.05) is 46.0 Å². The van der Waals surface area contributed by atoms with Crippen molar-refractivity contribution in [3.05, 3.63) is 26.4 Å². The average molecular weight is 429 g/mol. The van der Waals surface area contributed by atoms with Crippen molar-refractivity contribution in [1.29, 1.82) is 0 Å². The molecule has 1 aromatic heterocycles. The van der Waals surface area contributed by atoms with Crippen molar-refractivity contribution in [2.45, 2.75) is 89.6 Å². The Morgan fingerprint density at radius 3 is 2.55 bits per heavy atom. The normalized spacial score (nSPS) is 24.0. The first-order chi connectivity index (χ1) is 13.9. The van der Waals surface area contributed by atoms with Crippen LogP contribution in [-0.2, 0) is 20.7 Å². The second-order valence-electron chi connectivity index (χ2n) is 7.44. The third-order valence-electron chi connectivity index (χ3n) is 5.13. The summed E-state index contributed by atoms with van der Waals surface area (Å²) in [5, 5.41) is 20.4. The molecule has 0 aliphatic carbocycles. The lowest BCUT2D eigenvalue weighted by Crippen LogP contribution is -2.37. The van der Waals surface area contributed by atoms with Crippen LogP contribution in [0.4, 0.5) is 0 Å². The van der Waals surface area contributed by atoms with Crippen LogP contribution in [0.5, 0.6) is 0 Å². The summed E-state index contributed by atoms with van der Waals surface area (Å²) in [6.45, 7) is 3.63. The molecule has 164 valence electrons. The highest BCUT2D eigenvalue weighted by Crippen LogP contribution is 2.35. The molecular weight excluding hydrogens is 396 g/mol. The second kappa shape index (κ2) is 11.6. The molecule has 0 saturated carbocycles. The van der Waals surface area contributed by atoms with E-state index < -0.39 is 37.0 Å². The summed E-state index contributed by atoms with van der Waals surface area (Å²) in [5.74, 6) is -0.430. The van der Waals surface area contributed by atoms with Gasteiger partial charge in [0, 0.05) is 12.0 Å². The molecule has 0 aromatic carbocycles. The Morgan fingerprint density at radius 1 is 1.17 bits per heavy atom. The summed E-state index contributed by atoms with van der Waals surface area (Å²) in [4.78, 5) is 30.0. The Balaban J connectivity index is 2.12. The molecule has 9 heteroatoms. The molecule has 2 heterocycles. The van der Waals surface area contributed by atoms with Crippen LogP contribution in [0.15, 0.2) is 4.79 Å². The fourth-order valence-electron chi connectivity index (χ4n) is 3.62. The van der Waals surface area contributed by atoms with Gasteiger partial charge in [-0.25, -0.2) is 0 Å². The third kappa shape index (κ3) is 6.21. The second-order valence-corrected chi connectivity index (χ2v) is 7.85. The first-order valence-corrected chi connectivity index (χ1v) is 10.8. The van der Waals surface area contributed by atoms with Crippen LogP contribution in [0.1, 0.15) is 76.2 Å². The largest absolute Gasteiger partial charge is 0.457 e. The van der Waals surface area contributed by atoms with Crippen molar-refractivity contribution in [3.63, 3.8) is 0 Å². The maximum Gasteiger partial charge on any atom is 0.306 e. The number of rotatable bonds is 11. The number of hydrogen-bond acceptors (Lipinski definition) is 7. The Kier molecular flexibility index (Phi) is 9.48. The smallest absolute Gasteiger partial charge is 0.306 e. The van der Waals surface area contributed by atoms with E-state index in [1.807, 2.05) is 6.92 Å². The van der Waals surface area contributed by atoms with Crippen molar-refractivity contribution >= 4 is 18.2 Å². The van der Waals surface area contributed by atoms with Crippen LogP contribution in [0.3, 0.4) is 0 Å². The van der Waals surface area contributed by atoms with E-state index in [2.05, 4.69) is 16.9 Å². The number of aromatic amines is 2. The number of aromatic nitrogens is 2. The molecule has 1 aliphatic rings. The van der Waals surface area contributed by atoms with Crippen LogP contribution in [0.2, 0.25) is 0 Å². The first kappa shape index (κ1) is 23.7. The maximum absolute atomic E-state index is 12.3. The number of aliphatic hydroxyl groups excluding tert-OH is 2. The van der Waals surface area contributed by atoms with E-state index in [0.717, 1.165) is 32.1 Å². The number of carbonyl (C=O) groups excluding carboxylic acids is 1. The van der Waals surface area contributed by atoms with Crippen LogP contribution in [0.25, 0.3) is 0 Å². The predicted molar refractivity (Wildman–Crippen MR) is 110 cm³/mol. The highest BCUT2D eigenvalue weighted by molar-refractivity contribution is 7.71. The number of hydrogen-bond donors (Lipinski definition) is 4. The number of aliphatic hydroxyl groups is 2. The summed E-state index contributed by atoms with van der Waals surface area (Å²) in [5.41, 5.74) is 0.462. The van der Waals surface area contributed by atoms with Gasteiger partial charge in [0.2, 0.25) is 0 Å². The van der Waals surface area contributed by atoms with Gasteiger partial charge in [-0.2, -0.15) is 0 Å². The van der Waals surface area contributed by atoms with Crippen LogP contribution in [0, 0.1) is 4.77 Å². The quantitative estimate of drug-likeness (QED) is 0.242. The SMILES string of the molecule is CCCCCCCC(=O)O[C@H]1[C@H](O)[C@H](c2[nH]c(=S)[nH]c(=O)c2CCC)O[C@@H]1CO. The topological polar surface area (TPSA) is 125 Å². The van der Waals surface area contributed by atoms with E-state index in [4.69, 9.17) is 21.7 Å². The summed E-state index contributed by atoms with van der Waals surface area (Å²) in [7, 11) is 0. The number of nitrogens with one attached hydrogen (secondary N) is 2. The predicted octanol–water partition coefficient (Wildman–Crippen LogP) is 2.45. The van der Waals surface area contributed by atoms with Gasteiger partial charge >= 0.3 is 5.97 Å². The van der Waals surface area contributed by atoms with Gasteiger partial charge in [-0.05, 0) is 25.1 Å². The van der Waals surface area contributed by atoms with E-state index >= 15 is 0 Å². The van der Waals surface area contributed by atoms with E-state index in [-0.39, 0.29) is 16.8 Å². The van der Waals surface area contributed by atoms with E-state index in [1.165, 1.54) is 0 Å². The Bertz CT molecular complexity index is 777. The lowest BCUT2D eigenvalue weighted by atomic mass is 10.0. The molecule has 29 heavy (non-hydrogen) atoms. The molecule has 0 spiro atoms. The summed E-state index contributed by atoms with van der Waals surface area (Å²) in [6, 6.07) is 0.